The molecule has 1 aromatic heterocycles. The minimum absolute atomic E-state index is 0.190. The molecule has 1 heterocycles. The largest absolute Gasteiger partial charge is 0.494 e. The lowest BCUT2D eigenvalue weighted by atomic mass is 10.1. The molecule has 1 aromatic carbocycles. The Labute approximate surface area is 168 Å². The van der Waals surface area contributed by atoms with Gasteiger partial charge in [0.1, 0.15) is 12.0 Å². The van der Waals surface area contributed by atoms with E-state index in [1.165, 1.54) is 11.8 Å². The highest BCUT2D eigenvalue weighted by Crippen LogP contribution is 2.18. The molecule has 0 bridgehead atoms. The Morgan fingerprint density at radius 3 is 2.50 bits per heavy atom. The van der Waals surface area contributed by atoms with E-state index in [1.807, 2.05) is 19.1 Å². The second-order valence-electron chi connectivity index (χ2n) is 7.47. The molecule has 0 aliphatic rings. The molecule has 2 rings (SSSR count). The molecule has 2 aromatic rings. The average Bonchev–Trinajstić information content (AvgIpc) is 3.15. The first-order chi connectivity index (χ1) is 13.4. The molecule has 0 fully saturated rings. The van der Waals surface area contributed by atoms with E-state index in [0.29, 0.717) is 43.2 Å². The fourth-order valence-electron chi connectivity index (χ4n) is 2.77. The summed E-state index contributed by atoms with van der Waals surface area (Å²) in [6.45, 7) is 13.1. The number of hydrogen-bond acceptors (Lipinski definition) is 5. The lowest BCUT2D eigenvalue weighted by Gasteiger charge is -2.27. The molecule has 0 aliphatic carbocycles. The third kappa shape index (κ3) is 6.68. The minimum atomic E-state index is -0.190. The summed E-state index contributed by atoms with van der Waals surface area (Å²) < 4.78 is 11.1. The van der Waals surface area contributed by atoms with Crippen LogP contribution in [0.1, 0.15) is 63.0 Å². The van der Waals surface area contributed by atoms with Gasteiger partial charge in [0.15, 0.2) is 5.69 Å². The Bertz CT molecular complexity index is 725. The summed E-state index contributed by atoms with van der Waals surface area (Å²) in [4.78, 5) is 18.8. The summed E-state index contributed by atoms with van der Waals surface area (Å²) in [5.74, 6) is 1.64. The molecule has 1 atom stereocenters. The maximum atomic E-state index is 12.2. The van der Waals surface area contributed by atoms with Gasteiger partial charge in [-0.2, -0.15) is 0 Å². The van der Waals surface area contributed by atoms with E-state index in [-0.39, 0.29) is 5.91 Å². The van der Waals surface area contributed by atoms with Crippen LogP contribution in [-0.2, 0) is 13.1 Å². The van der Waals surface area contributed by atoms with E-state index in [4.69, 9.17) is 9.15 Å². The molecule has 0 spiro atoms. The third-order valence-electron chi connectivity index (χ3n) is 4.63. The minimum Gasteiger partial charge on any atom is -0.494 e. The van der Waals surface area contributed by atoms with E-state index < -0.39 is 0 Å². The van der Waals surface area contributed by atoms with Crippen molar-refractivity contribution in [2.45, 2.75) is 60.2 Å². The van der Waals surface area contributed by atoms with Crippen molar-refractivity contribution in [1.29, 1.82) is 0 Å². The Kier molecular flexibility index (Phi) is 8.51. The first-order valence-corrected chi connectivity index (χ1v) is 10.1. The van der Waals surface area contributed by atoms with Crippen LogP contribution in [0.2, 0.25) is 0 Å². The summed E-state index contributed by atoms with van der Waals surface area (Å²) in [6.07, 6.45) is 2.45. The van der Waals surface area contributed by atoms with Gasteiger partial charge < -0.3 is 14.5 Å². The van der Waals surface area contributed by atoms with Crippen molar-refractivity contribution in [3.8, 4) is 5.75 Å². The number of oxazole rings is 1. The Morgan fingerprint density at radius 2 is 1.89 bits per heavy atom. The molecule has 0 aliphatic heterocycles. The van der Waals surface area contributed by atoms with E-state index >= 15 is 0 Å². The second kappa shape index (κ2) is 10.9. The molecule has 0 saturated heterocycles. The number of aromatic nitrogens is 1. The number of amides is 1. The van der Waals surface area contributed by atoms with Gasteiger partial charge in [0, 0.05) is 19.1 Å². The zero-order valence-electron chi connectivity index (χ0n) is 17.7. The molecule has 154 valence electrons. The molecular weight excluding hydrogens is 354 g/mol. The van der Waals surface area contributed by atoms with Crippen LogP contribution in [0.15, 0.2) is 34.9 Å². The summed E-state index contributed by atoms with van der Waals surface area (Å²) in [6, 6.07) is 8.52. The van der Waals surface area contributed by atoms with Crippen molar-refractivity contribution in [2.75, 3.05) is 13.2 Å². The van der Waals surface area contributed by atoms with E-state index in [0.717, 1.165) is 18.7 Å². The first-order valence-electron chi connectivity index (χ1n) is 10.1. The van der Waals surface area contributed by atoms with E-state index in [1.54, 1.807) is 0 Å². The number of ether oxygens (including phenoxy) is 1. The number of carbonyl (C=O) groups excluding carboxylic acids is 1. The maximum absolute atomic E-state index is 12.2. The zero-order chi connectivity index (χ0) is 20.5. The van der Waals surface area contributed by atoms with Crippen LogP contribution in [-0.4, -0.2) is 35.0 Å². The average molecular weight is 388 g/mol. The summed E-state index contributed by atoms with van der Waals surface area (Å²) in [5, 5.41) is 2.87. The SMILES string of the molecule is CCOc1ccc(CN(Cc2nc(C(=O)NCC(C)C)co2)[C@H](C)CC)cc1. The van der Waals surface area contributed by atoms with Crippen molar-refractivity contribution < 1.29 is 13.9 Å². The van der Waals surface area contributed by atoms with Gasteiger partial charge in [-0.05, 0) is 43.9 Å². The van der Waals surface area contributed by atoms with Gasteiger partial charge in [-0.15, -0.1) is 0 Å². The maximum Gasteiger partial charge on any atom is 0.273 e. The number of hydrogen-bond donors (Lipinski definition) is 1. The molecular formula is C22H33N3O3. The quantitative estimate of drug-likeness (QED) is 0.624. The number of nitrogens with zero attached hydrogens (tertiary/aromatic N) is 2. The van der Waals surface area contributed by atoms with Gasteiger partial charge >= 0.3 is 0 Å². The monoisotopic (exact) mass is 387 g/mol. The topological polar surface area (TPSA) is 67.6 Å². The van der Waals surface area contributed by atoms with Crippen LogP contribution in [0.3, 0.4) is 0 Å². The highest BCUT2D eigenvalue weighted by Gasteiger charge is 2.18. The smallest absolute Gasteiger partial charge is 0.273 e. The third-order valence-corrected chi connectivity index (χ3v) is 4.63. The first kappa shape index (κ1) is 22.0. The molecule has 6 nitrogen and oxygen atoms in total. The van der Waals surface area contributed by atoms with Crippen LogP contribution >= 0.6 is 0 Å². The van der Waals surface area contributed by atoms with Crippen LogP contribution in [0, 0.1) is 5.92 Å². The van der Waals surface area contributed by atoms with Gasteiger partial charge in [-0.25, -0.2) is 4.98 Å². The molecule has 0 saturated carbocycles. The van der Waals surface area contributed by atoms with Crippen molar-refractivity contribution in [1.82, 2.24) is 15.2 Å². The number of benzene rings is 1. The lowest BCUT2D eigenvalue weighted by Crippen LogP contribution is -2.32. The summed E-state index contributed by atoms with van der Waals surface area (Å²) >= 11 is 0. The Balaban J connectivity index is 2.03. The Morgan fingerprint density at radius 1 is 1.18 bits per heavy atom. The standard InChI is InChI=1S/C22H33N3O3/c1-6-17(5)25(13-18-8-10-19(11-9-18)27-7-2)14-21-24-20(15-28-21)22(26)23-12-16(3)4/h8-11,15-17H,6-7,12-14H2,1-5H3,(H,23,26)/t17-/m1/s1. The van der Waals surface area contributed by atoms with Gasteiger partial charge in [0.05, 0.1) is 13.2 Å². The highest BCUT2D eigenvalue weighted by molar-refractivity contribution is 5.91. The van der Waals surface area contributed by atoms with Gasteiger partial charge in [0.2, 0.25) is 5.89 Å². The normalized spacial score (nSPS) is 12.4. The molecule has 6 heteroatoms. The summed E-state index contributed by atoms with van der Waals surface area (Å²) in [5.41, 5.74) is 1.53. The lowest BCUT2D eigenvalue weighted by molar-refractivity contribution is 0.0944. The fraction of sp³-hybridized carbons (Fsp3) is 0.545. The van der Waals surface area contributed by atoms with Gasteiger partial charge in [0.25, 0.3) is 5.91 Å². The highest BCUT2D eigenvalue weighted by atomic mass is 16.5. The Hall–Kier alpha value is -2.34. The molecule has 28 heavy (non-hydrogen) atoms. The van der Waals surface area contributed by atoms with Crippen molar-refractivity contribution in [3.63, 3.8) is 0 Å². The summed E-state index contributed by atoms with van der Waals surface area (Å²) in [7, 11) is 0. The molecule has 1 N–H and O–H groups in total. The second-order valence-corrected chi connectivity index (χ2v) is 7.47. The van der Waals surface area contributed by atoms with Crippen LogP contribution in [0.4, 0.5) is 0 Å². The predicted molar refractivity (Wildman–Crippen MR) is 110 cm³/mol. The predicted octanol–water partition coefficient (Wildman–Crippen LogP) is 4.26. The molecule has 0 radical (unpaired) electrons. The van der Waals surface area contributed by atoms with Crippen LogP contribution in [0.5, 0.6) is 5.75 Å². The zero-order valence-corrected chi connectivity index (χ0v) is 17.7. The molecule has 0 unspecified atom stereocenters. The van der Waals surface area contributed by atoms with E-state index in [9.17, 15) is 4.79 Å². The van der Waals surface area contributed by atoms with Gasteiger partial charge in [-0.1, -0.05) is 32.9 Å². The van der Waals surface area contributed by atoms with E-state index in [2.05, 4.69) is 55.0 Å². The van der Waals surface area contributed by atoms with Crippen LogP contribution < -0.4 is 10.1 Å². The van der Waals surface area contributed by atoms with Crippen molar-refractivity contribution in [3.05, 3.63) is 47.7 Å². The number of carbonyl (C=O) groups is 1. The molecule has 1 amide bonds. The van der Waals surface area contributed by atoms with Crippen LogP contribution in [0.25, 0.3) is 0 Å². The van der Waals surface area contributed by atoms with Gasteiger partial charge in [-0.3, -0.25) is 9.69 Å². The van der Waals surface area contributed by atoms with Crippen molar-refractivity contribution >= 4 is 5.91 Å². The number of rotatable bonds is 11. The number of nitrogens with one attached hydrogen (secondary N) is 1. The van der Waals surface area contributed by atoms with Crippen molar-refractivity contribution in [2.24, 2.45) is 5.92 Å². The fourth-order valence-corrected chi connectivity index (χ4v) is 2.77.